The van der Waals surface area contributed by atoms with E-state index < -0.39 is 17.7 Å². The fourth-order valence-corrected chi connectivity index (χ4v) is 3.90. The molecule has 2 bridgehead atoms. The number of rotatable bonds is 6. The molecule has 1 heterocycles. The molecule has 0 radical (unpaired) electrons. The summed E-state index contributed by atoms with van der Waals surface area (Å²) in [6.45, 7) is 0.550. The Bertz CT molecular complexity index is 738. The first kappa shape index (κ1) is 18.7. The Morgan fingerprint density at radius 1 is 1.50 bits per heavy atom. The van der Waals surface area contributed by atoms with Crippen LogP contribution in [0.25, 0.3) is 0 Å². The van der Waals surface area contributed by atoms with E-state index in [2.05, 4.69) is 5.32 Å². The first-order valence-electron chi connectivity index (χ1n) is 8.83. The largest absolute Gasteiger partial charge is 0.468 e. The number of ketones is 1. The number of benzene rings is 1. The van der Waals surface area contributed by atoms with Gasteiger partial charge in [-0.15, -0.1) is 0 Å². The molecule has 1 fully saturated rings. The van der Waals surface area contributed by atoms with Crippen LogP contribution in [0, 0.1) is 5.41 Å². The average molecular weight is 378 g/mol. The van der Waals surface area contributed by atoms with E-state index in [1.54, 1.807) is 6.07 Å². The van der Waals surface area contributed by atoms with Crippen molar-refractivity contribution in [3.63, 3.8) is 0 Å². The number of carbonyl (C=O) groups excluding carboxylic acids is 1. The van der Waals surface area contributed by atoms with Crippen LogP contribution in [0.4, 0.5) is 0 Å². The molecule has 8 heteroatoms. The number of Topliss-reactive ketones (excluding diaryl/α,β-unsaturated/α-hetero) is 1. The Morgan fingerprint density at radius 3 is 3.00 bits per heavy atom. The van der Waals surface area contributed by atoms with E-state index in [1.807, 2.05) is 18.2 Å². The Balaban J connectivity index is 1.85. The zero-order valence-electron chi connectivity index (χ0n) is 14.5. The first-order chi connectivity index (χ1) is 12.4. The second-order valence-electron chi connectivity index (χ2n) is 6.74. The number of halogens is 1. The molecule has 1 aromatic rings. The monoisotopic (exact) mass is 377 g/mol. The van der Waals surface area contributed by atoms with Crippen LogP contribution in [0.5, 0.6) is 0 Å². The maximum absolute atomic E-state index is 13.0. The number of fused-ring (bicyclic) bond motifs is 2. The number of ether oxygens (including phenoxy) is 1. The molecule has 7 nitrogen and oxygen atoms in total. The molecular formula is C18H24ClN5O2. The van der Waals surface area contributed by atoms with Gasteiger partial charge in [0.15, 0.2) is 17.6 Å². The van der Waals surface area contributed by atoms with Crippen molar-refractivity contribution in [3.8, 4) is 0 Å². The molecule has 0 spiro atoms. The number of aliphatic imine (C=N–C) groups is 1. The van der Waals surface area contributed by atoms with Gasteiger partial charge in [0.1, 0.15) is 0 Å². The summed E-state index contributed by atoms with van der Waals surface area (Å²) in [7, 11) is 0. The Morgan fingerprint density at radius 2 is 2.27 bits per heavy atom. The quantitative estimate of drug-likeness (QED) is 0.341. The van der Waals surface area contributed by atoms with Crippen LogP contribution in [0.2, 0.25) is 5.02 Å². The third-order valence-electron chi connectivity index (χ3n) is 4.91. The molecule has 140 valence electrons. The normalized spacial score (nSPS) is 25.8. The topological polar surface area (TPSA) is 127 Å². The minimum atomic E-state index is -0.996. The SMILES string of the molecule is N=C(N)NCCCC(N)C1=N[C@@]2(c3ccccc3Cl)CCC[C@@H](O1)C2=O. The van der Waals surface area contributed by atoms with Crippen LogP contribution < -0.4 is 16.8 Å². The zero-order chi connectivity index (χ0) is 18.7. The standard InChI is InChI=1S/C18H24ClN5O2/c19-12-6-2-1-5-11(12)18-9-3-8-14(15(18)25)26-16(24-18)13(20)7-4-10-23-17(21)22/h1-2,5-6,13-14H,3-4,7-10,20H2,(H4,21,22,23)/t13?,14-,18-/m1/s1. The summed E-state index contributed by atoms with van der Waals surface area (Å²) in [6.07, 6.45) is 2.92. The summed E-state index contributed by atoms with van der Waals surface area (Å²) < 4.78 is 5.84. The summed E-state index contributed by atoms with van der Waals surface area (Å²) in [6, 6.07) is 6.92. The minimum Gasteiger partial charge on any atom is -0.468 e. The average Bonchev–Trinajstić information content (AvgIpc) is 2.59. The second kappa shape index (κ2) is 7.63. The van der Waals surface area contributed by atoms with Gasteiger partial charge in [0.25, 0.3) is 0 Å². The Hall–Kier alpha value is -2.12. The van der Waals surface area contributed by atoms with Gasteiger partial charge in [-0.25, -0.2) is 4.99 Å². The van der Waals surface area contributed by atoms with E-state index in [1.165, 1.54) is 0 Å². The van der Waals surface area contributed by atoms with E-state index in [4.69, 9.17) is 38.2 Å². The summed E-state index contributed by atoms with van der Waals surface area (Å²) in [5.74, 6) is 0.311. The van der Waals surface area contributed by atoms with Crippen LogP contribution in [0.15, 0.2) is 29.3 Å². The molecule has 0 aromatic heterocycles. The highest BCUT2D eigenvalue weighted by Crippen LogP contribution is 2.44. The third-order valence-corrected chi connectivity index (χ3v) is 5.24. The van der Waals surface area contributed by atoms with Crippen molar-refractivity contribution in [2.45, 2.75) is 49.8 Å². The summed E-state index contributed by atoms with van der Waals surface area (Å²) in [4.78, 5) is 17.7. The van der Waals surface area contributed by atoms with Crippen LogP contribution in [0.3, 0.4) is 0 Å². The molecule has 1 aliphatic heterocycles. The Kier molecular flexibility index (Phi) is 5.48. The van der Waals surface area contributed by atoms with Gasteiger partial charge in [-0.05, 0) is 38.2 Å². The molecular weight excluding hydrogens is 354 g/mol. The zero-order valence-corrected chi connectivity index (χ0v) is 15.3. The maximum atomic E-state index is 13.0. The molecule has 0 amide bonds. The lowest BCUT2D eigenvalue weighted by Gasteiger charge is -2.42. The molecule has 1 saturated carbocycles. The molecule has 26 heavy (non-hydrogen) atoms. The molecule has 1 unspecified atom stereocenters. The number of nitrogens with one attached hydrogen (secondary N) is 2. The maximum Gasteiger partial charge on any atom is 0.205 e. The Labute approximate surface area is 157 Å². The molecule has 3 rings (SSSR count). The number of carbonyl (C=O) groups is 1. The van der Waals surface area contributed by atoms with Gasteiger partial charge in [-0.3, -0.25) is 10.2 Å². The van der Waals surface area contributed by atoms with E-state index in [0.717, 1.165) is 12.0 Å². The number of guanidine groups is 1. The molecule has 0 saturated heterocycles. The van der Waals surface area contributed by atoms with Gasteiger partial charge >= 0.3 is 0 Å². The highest BCUT2D eigenvalue weighted by atomic mass is 35.5. The highest BCUT2D eigenvalue weighted by Gasteiger charge is 2.52. The van der Waals surface area contributed by atoms with Gasteiger partial charge in [0, 0.05) is 17.1 Å². The smallest absolute Gasteiger partial charge is 0.205 e. The van der Waals surface area contributed by atoms with E-state index in [-0.39, 0.29) is 11.7 Å². The van der Waals surface area contributed by atoms with E-state index in [9.17, 15) is 4.79 Å². The molecule has 1 aliphatic carbocycles. The molecule has 1 aromatic carbocycles. The molecule has 6 N–H and O–H groups in total. The number of nitrogens with two attached hydrogens (primary N) is 2. The van der Waals surface area contributed by atoms with Gasteiger partial charge in [-0.1, -0.05) is 29.8 Å². The van der Waals surface area contributed by atoms with E-state index in [0.29, 0.717) is 43.1 Å². The lowest BCUT2D eigenvalue weighted by Crippen LogP contribution is -2.54. The predicted octanol–water partition coefficient (Wildman–Crippen LogP) is 1.68. The first-order valence-corrected chi connectivity index (χ1v) is 9.21. The highest BCUT2D eigenvalue weighted by molar-refractivity contribution is 6.32. The van der Waals surface area contributed by atoms with Crippen molar-refractivity contribution in [3.05, 3.63) is 34.9 Å². The number of nitrogens with zero attached hydrogens (tertiary/aromatic N) is 1. The van der Waals surface area contributed by atoms with Crippen molar-refractivity contribution in [2.24, 2.45) is 16.5 Å². The van der Waals surface area contributed by atoms with Crippen molar-refractivity contribution in [1.82, 2.24) is 5.32 Å². The van der Waals surface area contributed by atoms with Crippen molar-refractivity contribution >= 4 is 29.2 Å². The molecule has 2 aliphatic rings. The van der Waals surface area contributed by atoms with Gasteiger partial charge < -0.3 is 21.5 Å². The summed E-state index contributed by atoms with van der Waals surface area (Å²) >= 11 is 6.39. The second-order valence-corrected chi connectivity index (χ2v) is 7.15. The van der Waals surface area contributed by atoms with Crippen molar-refractivity contribution < 1.29 is 9.53 Å². The van der Waals surface area contributed by atoms with E-state index >= 15 is 0 Å². The number of hydrogen-bond donors (Lipinski definition) is 4. The van der Waals surface area contributed by atoms with Gasteiger partial charge in [0.2, 0.25) is 11.7 Å². The lowest BCUT2D eigenvalue weighted by atomic mass is 9.73. The van der Waals surface area contributed by atoms with Crippen molar-refractivity contribution in [2.75, 3.05) is 6.54 Å². The van der Waals surface area contributed by atoms with Crippen molar-refractivity contribution in [1.29, 1.82) is 5.41 Å². The number of hydrogen-bond acceptors (Lipinski definition) is 5. The minimum absolute atomic E-state index is 0.0361. The van der Waals surface area contributed by atoms with Crippen LogP contribution in [-0.4, -0.2) is 36.3 Å². The third kappa shape index (κ3) is 3.54. The summed E-state index contributed by atoms with van der Waals surface area (Å²) in [5, 5.41) is 10.4. The molecule has 3 atom stereocenters. The van der Waals surface area contributed by atoms with Gasteiger partial charge in [0.05, 0.1) is 6.04 Å². The fourth-order valence-electron chi connectivity index (χ4n) is 3.61. The summed E-state index contributed by atoms with van der Waals surface area (Å²) in [5.41, 5.74) is 11.3. The van der Waals surface area contributed by atoms with Crippen LogP contribution >= 0.6 is 11.6 Å². The fraction of sp³-hybridized carbons (Fsp3) is 0.500. The van der Waals surface area contributed by atoms with Gasteiger partial charge in [-0.2, -0.15) is 0 Å². The predicted molar refractivity (Wildman–Crippen MR) is 101 cm³/mol. The lowest BCUT2D eigenvalue weighted by molar-refractivity contribution is -0.137. The van der Waals surface area contributed by atoms with Crippen LogP contribution in [0.1, 0.15) is 37.7 Å². The van der Waals surface area contributed by atoms with Crippen LogP contribution in [-0.2, 0) is 15.1 Å².